The minimum Gasteiger partial charge on any atom is -0.480 e. The van der Waals surface area contributed by atoms with E-state index >= 15 is 0 Å². The van der Waals surface area contributed by atoms with Crippen LogP contribution in [0.3, 0.4) is 0 Å². The van der Waals surface area contributed by atoms with E-state index < -0.39 is 18.0 Å². The molecule has 0 spiro atoms. The summed E-state index contributed by atoms with van der Waals surface area (Å²) in [4.78, 5) is 35.2. The summed E-state index contributed by atoms with van der Waals surface area (Å²) in [6, 6.07) is -1.51. The minimum absolute atomic E-state index is 0.0528. The lowest BCUT2D eigenvalue weighted by molar-refractivity contribution is -0.144. The number of thioether (sulfide) groups is 1. The van der Waals surface area contributed by atoms with Crippen LogP contribution in [0.5, 0.6) is 0 Å². The zero-order valence-corrected chi connectivity index (χ0v) is 11.8. The summed E-state index contributed by atoms with van der Waals surface area (Å²) in [6.45, 7) is 2.24. The third kappa shape index (κ3) is 4.62. The molecule has 1 aliphatic heterocycles. The molecule has 1 aliphatic rings. The quantitative estimate of drug-likeness (QED) is 0.646. The van der Waals surface area contributed by atoms with Gasteiger partial charge in [0.05, 0.1) is 0 Å². The van der Waals surface area contributed by atoms with Crippen LogP contribution >= 0.6 is 11.8 Å². The Hall–Kier alpha value is -1.44. The van der Waals surface area contributed by atoms with Gasteiger partial charge < -0.3 is 15.7 Å². The molecule has 1 heterocycles. The molecule has 0 radical (unpaired) electrons. The van der Waals surface area contributed by atoms with Gasteiger partial charge in [0.2, 0.25) is 5.91 Å². The summed E-state index contributed by atoms with van der Waals surface area (Å²) >= 11 is 1.69. The second kappa shape index (κ2) is 7.22. The van der Waals surface area contributed by atoms with Gasteiger partial charge in [0.15, 0.2) is 0 Å². The van der Waals surface area contributed by atoms with E-state index in [0.29, 0.717) is 11.8 Å². The fourth-order valence-electron chi connectivity index (χ4n) is 1.68. The molecule has 0 aromatic carbocycles. The van der Waals surface area contributed by atoms with Crippen molar-refractivity contribution in [1.82, 2.24) is 15.5 Å². The molecule has 0 aliphatic carbocycles. The molecule has 3 amide bonds. The molecule has 2 atom stereocenters. The van der Waals surface area contributed by atoms with E-state index in [0.717, 1.165) is 11.3 Å². The Kier molecular flexibility index (Phi) is 5.94. The van der Waals surface area contributed by atoms with Crippen molar-refractivity contribution in [2.75, 3.05) is 25.9 Å². The second-order valence-corrected chi connectivity index (χ2v) is 5.63. The number of carboxylic acid groups (broad SMARTS) is 1. The molecule has 1 fully saturated rings. The Balaban J connectivity index is 2.51. The summed E-state index contributed by atoms with van der Waals surface area (Å²) < 4.78 is 0. The number of urea groups is 1. The monoisotopic (exact) mass is 289 g/mol. The molecule has 0 aromatic rings. The lowest BCUT2D eigenvalue weighted by Crippen LogP contribution is -2.61. The molecule has 108 valence electrons. The van der Waals surface area contributed by atoms with E-state index in [1.54, 1.807) is 11.8 Å². The Morgan fingerprint density at radius 3 is 2.89 bits per heavy atom. The topological polar surface area (TPSA) is 98.7 Å². The van der Waals surface area contributed by atoms with Gasteiger partial charge in [-0.1, -0.05) is 6.92 Å². The number of hydrogen-bond donors (Lipinski definition) is 3. The number of amides is 3. The van der Waals surface area contributed by atoms with Gasteiger partial charge in [-0.3, -0.25) is 9.69 Å². The Labute approximate surface area is 116 Å². The summed E-state index contributed by atoms with van der Waals surface area (Å²) in [5.74, 6) is -1.46. The van der Waals surface area contributed by atoms with Gasteiger partial charge in [0, 0.05) is 18.3 Å². The number of aliphatic carboxylic acids is 1. The summed E-state index contributed by atoms with van der Waals surface area (Å²) in [5.41, 5.74) is 0. The van der Waals surface area contributed by atoms with Gasteiger partial charge in [-0.05, 0) is 12.7 Å². The Bertz CT molecular complexity index is 364. The van der Waals surface area contributed by atoms with Crippen LogP contribution in [0.25, 0.3) is 0 Å². The van der Waals surface area contributed by atoms with Crippen LogP contribution < -0.4 is 10.6 Å². The zero-order chi connectivity index (χ0) is 14.4. The highest BCUT2D eigenvalue weighted by Gasteiger charge is 2.34. The van der Waals surface area contributed by atoms with Crippen LogP contribution in [0.2, 0.25) is 0 Å². The number of carboxylic acids is 1. The van der Waals surface area contributed by atoms with Crippen LogP contribution in [0.15, 0.2) is 0 Å². The highest BCUT2D eigenvalue weighted by molar-refractivity contribution is 7.99. The first-order chi connectivity index (χ1) is 8.95. The number of carbonyl (C=O) groups excluding carboxylic acids is 2. The number of piperazine rings is 1. The van der Waals surface area contributed by atoms with E-state index in [4.69, 9.17) is 5.11 Å². The third-order valence-corrected chi connectivity index (χ3v) is 4.00. The number of nitrogens with one attached hydrogen (secondary N) is 2. The number of nitrogens with zero attached hydrogens (tertiary/aromatic N) is 1. The first-order valence-electron chi connectivity index (χ1n) is 6.02. The van der Waals surface area contributed by atoms with E-state index in [2.05, 4.69) is 10.6 Å². The maximum Gasteiger partial charge on any atom is 0.328 e. The lowest BCUT2D eigenvalue weighted by Gasteiger charge is -2.32. The molecule has 7 nitrogen and oxygen atoms in total. The normalized spacial score (nSPS) is 20.6. The molecule has 3 N–H and O–H groups in total. The first kappa shape index (κ1) is 15.6. The highest BCUT2D eigenvalue weighted by Crippen LogP contribution is 2.09. The average Bonchev–Trinajstić information content (AvgIpc) is 2.37. The minimum atomic E-state index is -1.12. The molecule has 1 saturated heterocycles. The molecule has 0 aromatic heterocycles. The molecular weight excluding hydrogens is 270 g/mol. The van der Waals surface area contributed by atoms with Crippen LogP contribution in [-0.2, 0) is 9.59 Å². The fourth-order valence-corrected chi connectivity index (χ4v) is 2.03. The van der Waals surface area contributed by atoms with Gasteiger partial charge in [0.1, 0.15) is 12.6 Å². The third-order valence-electron chi connectivity index (χ3n) is 2.96. The predicted octanol–water partition coefficient (Wildman–Crippen LogP) is -0.277. The Morgan fingerprint density at radius 1 is 1.63 bits per heavy atom. The van der Waals surface area contributed by atoms with Gasteiger partial charge in [-0.25, -0.2) is 9.59 Å². The molecular formula is C11H19N3O4S. The molecule has 19 heavy (non-hydrogen) atoms. The van der Waals surface area contributed by atoms with Gasteiger partial charge in [0.25, 0.3) is 0 Å². The van der Waals surface area contributed by atoms with Crippen LogP contribution in [0.4, 0.5) is 4.79 Å². The largest absolute Gasteiger partial charge is 0.480 e. The SMILES string of the molecule is CSC(C)CCNC(=O)N1CC(=O)NCC1C(=O)O. The van der Waals surface area contributed by atoms with E-state index in [-0.39, 0.29) is 19.0 Å². The summed E-state index contributed by atoms with van der Waals surface area (Å²) in [7, 11) is 0. The van der Waals surface area contributed by atoms with Crippen LogP contribution in [-0.4, -0.2) is 65.1 Å². The van der Waals surface area contributed by atoms with Crippen molar-refractivity contribution in [3.8, 4) is 0 Å². The second-order valence-electron chi connectivity index (χ2n) is 4.35. The predicted molar refractivity (Wildman–Crippen MR) is 72.1 cm³/mol. The molecule has 0 saturated carbocycles. The highest BCUT2D eigenvalue weighted by atomic mass is 32.2. The average molecular weight is 289 g/mol. The molecule has 2 unspecified atom stereocenters. The zero-order valence-electron chi connectivity index (χ0n) is 11.0. The molecule has 8 heteroatoms. The van der Waals surface area contributed by atoms with E-state index in [1.807, 2.05) is 13.2 Å². The van der Waals surface area contributed by atoms with Crippen molar-refractivity contribution in [3.63, 3.8) is 0 Å². The Morgan fingerprint density at radius 2 is 2.32 bits per heavy atom. The first-order valence-corrected chi connectivity index (χ1v) is 7.31. The summed E-state index contributed by atoms with van der Waals surface area (Å²) in [5, 5.41) is 14.5. The van der Waals surface area contributed by atoms with E-state index in [1.165, 1.54) is 0 Å². The van der Waals surface area contributed by atoms with Crippen molar-refractivity contribution in [2.24, 2.45) is 0 Å². The van der Waals surface area contributed by atoms with Crippen molar-refractivity contribution < 1.29 is 19.5 Å². The smallest absolute Gasteiger partial charge is 0.328 e. The van der Waals surface area contributed by atoms with Crippen LogP contribution in [0.1, 0.15) is 13.3 Å². The van der Waals surface area contributed by atoms with Gasteiger partial charge >= 0.3 is 12.0 Å². The van der Waals surface area contributed by atoms with Crippen molar-refractivity contribution >= 4 is 29.7 Å². The standard InChI is InChI=1S/C11H19N3O4S/c1-7(19-2)3-4-12-11(18)14-6-9(15)13-5-8(14)10(16)17/h7-8H,3-6H2,1-2H3,(H,12,18)(H,13,15)(H,16,17). The molecule has 1 rings (SSSR count). The molecule has 0 bridgehead atoms. The van der Waals surface area contributed by atoms with Crippen LogP contribution in [0, 0.1) is 0 Å². The number of carbonyl (C=O) groups is 3. The van der Waals surface area contributed by atoms with Crippen molar-refractivity contribution in [1.29, 1.82) is 0 Å². The van der Waals surface area contributed by atoms with E-state index in [9.17, 15) is 14.4 Å². The maximum absolute atomic E-state index is 11.9. The van der Waals surface area contributed by atoms with Gasteiger partial charge in [-0.2, -0.15) is 11.8 Å². The van der Waals surface area contributed by atoms with Gasteiger partial charge in [-0.15, -0.1) is 0 Å². The van der Waals surface area contributed by atoms with Crippen molar-refractivity contribution in [3.05, 3.63) is 0 Å². The maximum atomic E-state index is 11.9. The lowest BCUT2D eigenvalue weighted by atomic mass is 10.2. The number of rotatable bonds is 5. The summed E-state index contributed by atoms with van der Waals surface area (Å²) in [6.07, 6.45) is 2.78. The fraction of sp³-hybridized carbons (Fsp3) is 0.727. The van der Waals surface area contributed by atoms with Crippen molar-refractivity contribution in [2.45, 2.75) is 24.6 Å². The number of hydrogen-bond acceptors (Lipinski definition) is 4.